The highest BCUT2D eigenvalue weighted by molar-refractivity contribution is 5.16. The van der Waals surface area contributed by atoms with E-state index in [0.29, 0.717) is 5.92 Å². The van der Waals surface area contributed by atoms with Gasteiger partial charge in [0.1, 0.15) is 0 Å². The molecule has 0 amide bonds. The van der Waals surface area contributed by atoms with E-state index in [1.807, 2.05) is 19.3 Å². The Kier molecular flexibility index (Phi) is 2.36. The van der Waals surface area contributed by atoms with Crippen LogP contribution in [0.1, 0.15) is 11.6 Å². The van der Waals surface area contributed by atoms with Gasteiger partial charge in [-0.1, -0.05) is 0 Å². The van der Waals surface area contributed by atoms with Crippen LogP contribution in [-0.2, 0) is 7.05 Å². The molecule has 1 fully saturated rings. The maximum Gasteiger partial charge on any atom is 0.0941 e. The van der Waals surface area contributed by atoms with E-state index in [4.69, 9.17) is 0 Å². The molecule has 72 valence electrons. The number of nitrogens with one attached hydrogen (secondary N) is 1. The number of hydrogen-bond acceptors (Lipinski definition) is 1. The minimum Gasteiger partial charge on any atom is -0.354 e. The highest BCUT2D eigenvalue weighted by atomic mass is 19.1. The monoisotopic (exact) mass is 182 g/mol. The molecule has 1 aliphatic rings. The minimum absolute atomic E-state index is 0.161. The Hall–Kier alpha value is -0.830. The van der Waals surface area contributed by atoms with Crippen LogP contribution in [0.2, 0.25) is 0 Å². The van der Waals surface area contributed by atoms with E-state index < -0.39 is 0 Å². The summed E-state index contributed by atoms with van der Waals surface area (Å²) >= 11 is 0. The van der Waals surface area contributed by atoms with E-state index in [-0.39, 0.29) is 12.6 Å². The van der Waals surface area contributed by atoms with Crippen molar-refractivity contribution >= 4 is 0 Å². The number of aryl methyl sites for hydroxylation is 1. The summed E-state index contributed by atoms with van der Waals surface area (Å²) in [5.41, 5.74) is 1.24. The lowest BCUT2D eigenvalue weighted by Crippen LogP contribution is -2.15. The van der Waals surface area contributed by atoms with Gasteiger partial charge in [-0.15, -0.1) is 0 Å². The molecule has 3 heteroatoms. The number of alkyl halides is 1. The van der Waals surface area contributed by atoms with E-state index in [0.717, 1.165) is 13.1 Å². The SMILES string of the molecule is Cn1cccc1[C@@H]1CNC[C@@H]1CF. The van der Waals surface area contributed by atoms with Crippen molar-refractivity contribution in [3.8, 4) is 0 Å². The van der Waals surface area contributed by atoms with Gasteiger partial charge in [0, 0.05) is 43.9 Å². The van der Waals surface area contributed by atoms with Crippen LogP contribution in [-0.4, -0.2) is 24.3 Å². The molecule has 0 unspecified atom stereocenters. The number of rotatable bonds is 2. The van der Waals surface area contributed by atoms with Crippen molar-refractivity contribution in [3.63, 3.8) is 0 Å². The average Bonchev–Trinajstić information content (AvgIpc) is 2.71. The molecule has 1 aromatic rings. The number of aromatic nitrogens is 1. The smallest absolute Gasteiger partial charge is 0.0941 e. The van der Waals surface area contributed by atoms with Crippen molar-refractivity contribution in [2.45, 2.75) is 5.92 Å². The van der Waals surface area contributed by atoms with Gasteiger partial charge in [0.2, 0.25) is 0 Å². The van der Waals surface area contributed by atoms with Gasteiger partial charge >= 0.3 is 0 Å². The maximum atomic E-state index is 12.6. The fourth-order valence-electron chi connectivity index (χ4n) is 2.10. The van der Waals surface area contributed by atoms with Crippen LogP contribution < -0.4 is 5.32 Å². The Morgan fingerprint density at radius 1 is 1.62 bits per heavy atom. The van der Waals surface area contributed by atoms with Crippen LogP contribution >= 0.6 is 0 Å². The molecule has 2 rings (SSSR count). The molecule has 0 aromatic carbocycles. The van der Waals surface area contributed by atoms with Crippen LogP contribution in [0.25, 0.3) is 0 Å². The van der Waals surface area contributed by atoms with Crippen LogP contribution in [0.5, 0.6) is 0 Å². The first kappa shape index (κ1) is 8.75. The van der Waals surface area contributed by atoms with Gasteiger partial charge in [-0.2, -0.15) is 0 Å². The largest absolute Gasteiger partial charge is 0.354 e. The summed E-state index contributed by atoms with van der Waals surface area (Å²) in [6, 6.07) is 4.10. The van der Waals surface area contributed by atoms with Crippen LogP contribution in [0.3, 0.4) is 0 Å². The number of halogens is 1. The summed E-state index contributed by atoms with van der Waals surface area (Å²) in [5.74, 6) is 0.513. The zero-order chi connectivity index (χ0) is 9.26. The number of nitrogens with zero attached hydrogens (tertiary/aromatic N) is 1. The molecule has 2 heterocycles. The first-order valence-electron chi connectivity index (χ1n) is 4.71. The van der Waals surface area contributed by atoms with Gasteiger partial charge in [0.15, 0.2) is 0 Å². The standard InChI is InChI=1S/C10H15FN2/c1-13-4-2-3-10(13)9-7-12-6-8(9)5-11/h2-4,8-9,12H,5-7H2,1H3/t8-,9+/m0/s1. The predicted molar refractivity (Wildman–Crippen MR) is 50.5 cm³/mol. The summed E-state index contributed by atoms with van der Waals surface area (Å²) in [4.78, 5) is 0. The lowest BCUT2D eigenvalue weighted by Gasteiger charge is -2.16. The molecular weight excluding hydrogens is 167 g/mol. The zero-order valence-electron chi connectivity index (χ0n) is 7.83. The van der Waals surface area contributed by atoms with Gasteiger partial charge in [-0.3, -0.25) is 4.39 Å². The molecule has 1 N–H and O–H groups in total. The predicted octanol–water partition coefficient (Wildman–Crippen LogP) is 1.30. The Morgan fingerprint density at radius 3 is 3.08 bits per heavy atom. The molecule has 2 nitrogen and oxygen atoms in total. The van der Waals surface area contributed by atoms with Crippen LogP contribution in [0.15, 0.2) is 18.3 Å². The minimum atomic E-state index is -0.219. The van der Waals surface area contributed by atoms with Gasteiger partial charge in [0.05, 0.1) is 6.67 Å². The molecule has 0 radical (unpaired) electrons. The van der Waals surface area contributed by atoms with Gasteiger partial charge in [0.25, 0.3) is 0 Å². The van der Waals surface area contributed by atoms with E-state index in [1.165, 1.54) is 5.69 Å². The molecule has 1 saturated heterocycles. The third-order valence-corrected chi connectivity index (χ3v) is 2.90. The average molecular weight is 182 g/mol. The highest BCUT2D eigenvalue weighted by Gasteiger charge is 2.29. The van der Waals surface area contributed by atoms with Crippen LogP contribution in [0.4, 0.5) is 4.39 Å². The molecule has 0 spiro atoms. The molecular formula is C10H15FN2. The third kappa shape index (κ3) is 1.48. The molecule has 2 atom stereocenters. The first-order valence-corrected chi connectivity index (χ1v) is 4.71. The summed E-state index contributed by atoms with van der Waals surface area (Å²) in [6.07, 6.45) is 2.02. The van der Waals surface area contributed by atoms with Crippen molar-refractivity contribution in [3.05, 3.63) is 24.0 Å². The van der Waals surface area contributed by atoms with E-state index >= 15 is 0 Å². The summed E-state index contributed by atoms with van der Waals surface area (Å²) < 4.78 is 14.7. The highest BCUT2D eigenvalue weighted by Crippen LogP contribution is 2.28. The Labute approximate surface area is 77.7 Å². The summed E-state index contributed by atoms with van der Waals surface area (Å²) in [7, 11) is 2.02. The fourth-order valence-corrected chi connectivity index (χ4v) is 2.10. The van der Waals surface area contributed by atoms with Crippen molar-refractivity contribution in [2.75, 3.05) is 19.8 Å². The maximum absolute atomic E-state index is 12.6. The fraction of sp³-hybridized carbons (Fsp3) is 0.600. The number of hydrogen-bond donors (Lipinski definition) is 1. The summed E-state index contributed by atoms with van der Waals surface area (Å²) in [6.45, 7) is 1.50. The van der Waals surface area contributed by atoms with Crippen molar-refractivity contribution in [1.82, 2.24) is 9.88 Å². The molecule has 13 heavy (non-hydrogen) atoms. The second kappa shape index (κ2) is 3.50. The van der Waals surface area contributed by atoms with Crippen molar-refractivity contribution in [2.24, 2.45) is 13.0 Å². The van der Waals surface area contributed by atoms with E-state index in [2.05, 4.69) is 16.0 Å². The molecule has 1 aliphatic heterocycles. The lowest BCUT2D eigenvalue weighted by atomic mass is 9.94. The third-order valence-electron chi connectivity index (χ3n) is 2.90. The van der Waals surface area contributed by atoms with Gasteiger partial charge in [-0.25, -0.2) is 0 Å². The zero-order valence-corrected chi connectivity index (χ0v) is 7.83. The van der Waals surface area contributed by atoms with Crippen molar-refractivity contribution in [1.29, 1.82) is 0 Å². The topological polar surface area (TPSA) is 17.0 Å². The van der Waals surface area contributed by atoms with E-state index in [9.17, 15) is 4.39 Å². The molecule has 0 aliphatic carbocycles. The van der Waals surface area contributed by atoms with E-state index in [1.54, 1.807) is 0 Å². The lowest BCUT2D eigenvalue weighted by molar-refractivity contribution is 0.353. The molecule has 0 bridgehead atoms. The second-order valence-corrected chi connectivity index (χ2v) is 3.72. The van der Waals surface area contributed by atoms with Crippen LogP contribution in [0, 0.1) is 5.92 Å². The quantitative estimate of drug-likeness (QED) is 0.729. The second-order valence-electron chi connectivity index (χ2n) is 3.72. The first-order chi connectivity index (χ1) is 6.33. The Balaban J connectivity index is 2.20. The van der Waals surface area contributed by atoms with Gasteiger partial charge < -0.3 is 9.88 Å². The Morgan fingerprint density at radius 2 is 2.46 bits per heavy atom. The normalized spacial score (nSPS) is 28.2. The van der Waals surface area contributed by atoms with Crippen molar-refractivity contribution < 1.29 is 4.39 Å². The molecule has 0 saturated carbocycles. The van der Waals surface area contributed by atoms with Gasteiger partial charge in [-0.05, 0) is 12.1 Å². The summed E-state index contributed by atoms with van der Waals surface area (Å²) in [5, 5.41) is 3.24. The molecule has 1 aromatic heterocycles. The Bertz CT molecular complexity index is 282.